The first-order valence-corrected chi connectivity index (χ1v) is 9.00. The molecular formula is C18H20ClN3O4. The number of aromatic nitrogens is 2. The zero-order valence-corrected chi connectivity index (χ0v) is 15.0. The van der Waals surface area contributed by atoms with E-state index in [-0.39, 0.29) is 5.91 Å². The molecule has 1 saturated heterocycles. The number of piperidine rings is 1. The van der Waals surface area contributed by atoms with E-state index in [9.17, 15) is 9.59 Å². The van der Waals surface area contributed by atoms with Crippen LogP contribution in [0.15, 0.2) is 28.8 Å². The molecule has 0 spiro atoms. The number of amides is 1. The van der Waals surface area contributed by atoms with Crippen LogP contribution in [0, 0.1) is 5.92 Å². The van der Waals surface area contributed by atoms with Gasteiger partial charge in [0.1, 0.15) is 0 Å². The van der Waals surface area contributed by atoms with Crippen LogP contribution in [0.4, 0.5) is 0 Å². The Morgan fingerprint density at radius 1 is 1.31 bits per heavy atom. The molecule has 1 aromatic heterocycles. The van der Waals surface area contributed by atoms with Crippen molar-refractivity contribution in [3.05, 3.63) is 35.2 Å². The largest absolute Gasteiger partial charge is 0.481 e. The van der Waals surface area contributed by atoms with Crippen molar-refractivity contribution >= 4 is 23.5 Å². The molecule has 0 radical (unpaired) electrons. The second kappa shape index (κ2) is 8.31. The van der Waals surface area contributed by atoms with Crippen LogP contribution in [0.25, 0.3) is 11.4 Å². The number of halogens is 1. The van der Waals surface area contributed by atoms with E-state index in [2.05, 4.69) is 10.1 Å². The Bertz CT molecular complexity index is 775. The van der Waals surface area contributed by atoms with Crippen LogP contribution in [0.1, 0.15) is 31.6 Å². The predicted octanol–water partition coefficient (Wildman–Crippen LogP) is 3.04. The summed E-state index contributed by atoms with van der Waals surface area (Å²) in [7, 11) is 0. The fourth-order valence-corrected chi connectivity index (χ4v) is 3.15. The number of carboxylic acids is 1. The van der Waals surface area contributed by atoms with Gasteiger partial charge in [-0.15, -0.1) is 0 Å². The Labute approximate surface area is 155 Å². The Hall–Kier alpha value is -2.41. The zero-order valence-electron chi connectivity index (χ0n) is 14.2. The van der Waals surface area contributed by atoms with Gasteiger partial charge in [-0.2, -0.15) is 4.98 Å². The monoisotopic (exact) mass is 377 g/mol. The molecule has 2 heterocycles. The summed E-state index contributed by atoms with van der Waals surface area (Å²) in [5, 5.41) is 13.7. The summed E-state index contributed by atoms with van der Waals surface area (Å²) in [5.74, 6) is -0.338. The van der Waals surface area contributed by atoms with Gasteiger partial charge in [0.25, 0.3) is 0 Å². The number of likely N-dealkylation sites (tertiary alicyclic amines) is 1. The number of hydrogen-bond donors (Lipinski definition) is 1. The minimum atomic E-state index is -0.830. The van der Waals surface area contributed by atoms with Crippen molar-refractivity contribution in [2.45, 2.75) is 32.1 Å². The van der Waals surface area contributed by atoms with Crippen molar-refractivity contribution in [1.29, 1.82) is 0 Å². The average molecular weight is 378 g/mol. The highest BCUT2D eigenvalue weighted by Gasteiger charge is 2.27. The summed E-state index contributed by atoms with van der Waals surface area (Å²) in [6.45, 7) is 0.930. The molecule has 7 nitrogen and oxygen atoms in total. The summed E-state index contributed by atoms with van der Waals surface area (Å²) in [6.07, 6.45) is 2.79. The second-order valence-corrected chi connectivity index (χ2v) is 6.83. The first-order valence-electron chi connectivity index (χ1n) is 8.62. The van der Waals surface area contributed by atoms with Gasteiger partial charge in [0.2, 0.25) is 17.6 Å². The molecule has 0 aliphatic carbocycles. The van der Waals surface area contributed by atoms with Gasteiger partial charge in [0, 0.05) is 36.5 Å². The Kier molecular flexibility index (Phi) is 5.88. The maximum atomic E-state index is 12.3. The topological polar surface area (TPSA) is 96.5 Å². The van der Waals surface area contributed by atoms with E-state index in [1.165, 1.54) is 0 Å². The van der Waals surface area contributed by atoms with Gasteiger partial charge in [-0.05, 0) is 43.5 Å². The molecule has 1 atom stereocenters. The van der Waals surface area contributed by atoms with Crippen LogP contribution in [0.5, 0.6) is 0 Å². The molecule has 1 N–H and O–H groups in total. The molecule has 1 fully saturated rings. The second-order valence-electron chi connectivity index (χ2n) is 6.39. The summed E-state index contributed by atoms with van der Waals surface area (Å²) in [4.78, 5) is 29.3. The van der Waals surface area contributed by atoms with Crippen molar-refractivity contribution in [3.63, 3.8) is 0 Å². The fourth-order valence-electron chi connectivity index (χ4n) is 3.03. The van der Waals surface area contributed by atoms with Crippen molar-refractivity contribution in [2.75, 3.05) is 13.1 Å². The van der Waals surface area contributed by atoms with Gasteiger partial charge in [0.05, 0.1) is 5.92 Å². The third-order valence-corrected chi connectivity index (χ3v) is 4.73. The van der Waals surface area contributed by atoms with Gasteiger partial charge in [-0.3, -0.25) is 9.59 Å². The van der Waals surface area contributed by atoms with E-state index >= 15 is 0 Å². The molecular weight excluding hydrogens is 358 g/mol. The van der Waals surface area contributed by atoms with Crippen molar-refractivity contribution < 1.29 is 19.2 Å². The van der Waals surface area contributed by atoms with Crippen LogP contribution in [0.2, 0.25) is 5.02 Å². The number of benzene rings is 1. The van der Waals surface area contributed by atoms with E-state index in [1.54, 1.807) is 17.0 Å². The maximum absolute atomic E-state index is 12.3. The number of rotatable bonds is 6. The molecule has 8 heteroatoms. The normalized spacial score (nSPS) is 17.3. The minimum absolute atomic E-state index is 0.0200. The van der Waals surface area contributed by atoms with Crippen LogP contribution in [-0.2, 0) is 16.0 Å². The van der Waals surface area contributed by atoms with Gasteiger partial charge >= 0.3 is 5.97 Å². The summed E-state index contributed by atoms with van der Waals surface area (Å²) in [5.41, 5.74) is 0.813. The van der Waals surface area contributed by atoms with Crippen LogP contribution in [0.3, 0.4) is 0 Å². The minimum Gasteiger partial charge on any atom is -0.481 e. The molecule has 1 amide bonds. The highest BCUT2D eigenvalue weighted by molar-refractivity contribution is 6.30. The molecule has 2 aromatic rings. The lowest BCUT2D eigenvalue weighted by Gasteiger charge is -2.30. The number of carboxylic acid groups (broad SMARTS) is 1. The number of carbonyl (C=O) groups is 2. The lowest BCUT2D eigenvalue weighted by molar-refractivity contribution is -0.145. The molecule has 0 bridgehead atoms. The average Bonchev–Trinajstić information content (AvgIpc) is 3.11. The summed E-state index contributed by atoms with van der Waals surface area (Å²) in [6, 6.07) is 7.15. The third-order valence-electron chi connectivity index (χ3n) is 4.48. The van der Waals surface area contributed by atoms with Crippen molar-refractivity contribution in [2.24, 2.45) is 5.92 Å². The van der Waals surface area contributed by atoms with Crippen LogP contribution >= 0.6 is 11.6 Å². The van der Waals surface area contributed by atoms with Crippen LogP contribution < -0.4 is 0 Å². The zero-order chi connectivity index (χ0) is 18.5. The van der Waals surface area contributed by atoms with Gasteiger partial charge in [0.15, 0.2) is 0 Å². The standard InChI is InChI=1S/C18H20ClN3O4/c19-14-8-6-12(7-9-14)17-20-15(26-21-17)4-1-5-16(23)22-10-2-3-13(11-22)18(24)25/h6-9,13H,1-5,10-11H2,(H,24,25)/t13-/m1/s1. The number of hydrogen-bond acceptors (Lipinski definition) is 5. The Morgan fingerprint density at radius 3 is 2.81 bits per heavy atom. The SMILES string of the molecule is O=C(O)[C@@H]1CCCN(C(=O)CCCc2nc(-c3ccc(Cl)cc3)no2)C1. The Balaban J connectivity index is 1.48. The summed E-state index contributed by atoms with van der Waals surface area (Å²) < 4.78 is 5.23. The van der Waals surface area contributed by atoms with Gasteiger partial charge in [-0.1, -0.05) is 16.8 Å². The number of nitrogens with zero attached hydrogens (tertiary/aromatic N) is 3. The Morgan fingerprint density at radius 2 is 2.08 bits per heavy atom. The first-order chi connectivity index (χ1) is 12.5. The molecule has 0 saturated carbocycles. The number of carbonyl (C=O) groups excluding carboxylic acids is 1. The van der Waals surface area contributed by atoms with Gasteiger partial charge in [-0.25, -0.2) is 0 Å². The van der Waals surface area contributed by atoms with Crippen LogP contribution in [-0.4, -0.2) is 45.1 Å². The van der Waals surface area contributed by atoms with E-state index in [0.717, 1.165) is 12.0 Å². The number of aliphatic carboxylic acids is 1. The van der Waals surface area contributed by atoms with Crippen molar-refractivity contribution in [3.8, 4) is 11.4 Å². The number of aryl methyl sites for hydroxylation is 1. The lowest BCUT2D eigenvalue weighted by Crippen LogP contribution is -2.42. The molecule has 1 aliphatic heterocycles. The van der Waals surface area contributed by atoms with Crippen molar-refractivity contribution in [1.82, 2.24) is 15.0 Å². The highest BCUT2D eigenvalue weighted by Crippen LogP contribution is 2.20. The molecule has 1 aliphatic rings. The highest BCUT2D eigenvalue weighted by atomic mass is 35.5. The van der Waals surface area contributed by atoms with E-state index in [1.807, 2.05) is 12.1 Å². The molecule has 1 aromatic carbocycles. The molecule has 26 heavy (non-hydrogen) atoms. The van der Waals surface area contributed by atoms with E-state index in [0.29, 0.717) is 55.5 Å². The molecule has 3 rings (SSSR count). The van der Waals surface area contributed by atoms with E-state index in [4.69, 9.17) is 21.2 Å². The quantitative estimate of drug-likeness (QED) is 0.831. The molecule has 0 unspecified atom stereocenters. The van der Waals surface area contributed by atoms with E-state index < -0.39 is 11.9 Å². The predicted molar refractivity (Wildman–Crippen MR) is 94.6 cm³/mol. The van der Waals surface area contributed by atoms with Gasteiger partial charge < -0.3 is 14.5 Å². The third kappa shape index (κ3) is 4.60. The smallest absolute Gasteiger partial charge is 0.308 e. The fraction of sp³-hybridized carbons (Fsp3) is 0.444. The summed E-state index contributed by atoms with van der Waals surface area (Å²) >= 11 is 5.86. The molecule has 138 valence electrons. The maximum Gasteiger partial charge on any atom is 0.308 e. The lowest BCUT2D eigenvalue weighted by atomic mass is 9.98. The first kappa shape index (κ1) is 18.4.